The molecule has 7 heteroatoms. The summed E-state index contributed by atoms with van der Waals surface area (Å²) in [6.07, 6.45) is 6.27. The Morgan fingerprint density at radius 2 is 2.16 bits per heavy atom. The monoisotopic (exact) mass is 264 g/mol. The summed E-state index contributed by atoms with van der Waals surface area (Å²) in [6, 6.07) is 3.00. The lowest BCUT2D eigenvalue weighted by molar-refractivity contribution is -0.147. The Bertz CT molecular complexity index is 487. The zero-order chi connectivity index (χ0) is 14.1. The average Bonchev–Trinajstić information content (AvgIpc) is 2.94. The molecule has 0 atom stereocenters. The predicted octanol–water partition coefficient (Wildman–Crippen LogP) is -0.698. The van der Waals surface area contributed by atoms with E-state index in [9.17, 15) is 14.4 Å². The van der Waals surface area contributed by atoms with E-state index in [0.717, 1.165) is 0 Å². The number of furan rings is 1. The lowest BCUT2D eigenvalue weighted by atomic mass is 10.4. The largest absolute Gasteiger partial charge is 0.459 e. The van der Waals surface area contributed by atoms with Crippen LogP contribution in [-0.2, 0) is 14.3 Å². The zero-order valence-corrected chi connectivity index (χ0v) is 9.97. The number of terminal acetylenes is 1. The second-order valence-electron chi connectivity index (χ2n) is 3.30. The van der Waals surface area contributed by atoms with Crippen LogP contribution < -0.4 is 10.6 Å². The molecule has 19 heavy (non-hydrogen) atoms. The number of hydrogen-bond donors (Lipinski definition) is 2. The van der Waals surface area contributed by atoms with Crippen molar-refractivity contribution in [1.29, 1.82) is 0 Å². The molecule has 0 spiro atoms. The second-order valence-corrected chi connectivity index (χ2v) is 3.30. The minimum Gasteiger partial charge on any atom is -0.459 e. The van der Waals surface area contributed by atoms with Crippen LogP contribution in [0.2, 0.25) is 0 Å². The van der Waals surface area contributed by atoms with Gasteiger partial charge in [0, 0.05) is 0 Å². The molecule has 0 aromatic carbocycles. The van der Waals surface area contributed by atoms with E-state index in [1.54, 1.807) is 6.07 Å². The summed E-state index contributed by atoms with van der Waals surface area (Å²) in [7, 11) is 0. The molecule has 7 nitrogen and oxygen atoms in total. The second kappa shape index (κ2) is 7.55. The smallest absolute Gasteiger partial charge is 0.325 e. The molecule has 0 aliphatic heterocycles. The number of nitrogens with one attached hydrogen (secondary N) is 2. The van der Waals surface area contributed by atoms with Gasteiger partial charge in [-0.05, 0) is 12.1 Å². The lowest BCUT2D eigenvalue weighted by Gasteiger charge is -2.05. The third-order valence-corrected chi connectivity index (χ3v) is 1.89. The standard InChI is InChI=1S/C12H12N2O5/c1-2-5-13-10(15)8-19-11(16)7-14-12(17)9-4-3-6-18-9/h1,3-4,6H,5,7-8H2,(H,13,15)(H,14,17). The van der Waals surface area contributed by atoms with Crippen LogP contribution in [0.5, 0.6) is 0 Å². The average molecular weight is 264 g/mol. The lowest BCUT2D eigenvalue weighted by Crippen LogP contribution is -2.33. The Morgan fingerprint density at radius 1 is 1.37 bits per heavy atom. The first-order chi connectivity index (χ1) is 9.13. The van der Waals surface area contributed by atoms with Crippen molar-refractivity contribution in [3.8, 4) is 12.3 Å². The molecule has 0 saturated carbocycles. The van der Waals surface area contributed by atoms with Gasteiger partial charge in [0.2, 0.25) is 0 Å². The SMILES string of the molecule is C#CCNC(=O)COC(=O)CNC(=O)c1ccco1. The maximum atomic E-state index is 11.4. The first-order valence-corrected chi connectivity index (χ1v) is 5.31. The molecule has 0 unspecified atom stereocenters. The van der Waals surface area contributed by atoms with Gasteiger partial charge in [-0.15, -0.1) is 6.42 Å². The number of esters is 1. The van der Waals surface area contributed by atoms with E-state index in [1.807, 2.05) is 0 Å². The van der Waals surface area contributed by atoms with Gasteiger partial charge in [0.25, 0.3) is 11.8 Å². The summed E-state index contributed by atoms with van der Waals surface area (Å²) >= 11 is 0. The molecule has 0 bridgehead atoms. The minimum atomic E-state index is -0.740. The highest BCUT2D eigenvalue weighted by Crippen LogP contribution is 1.98. The van der Waals surface area contributed by atoms with Crippen molar-refractivity contribution in [2.75, 3.05) is 19.7 Å². The van der Waals surface area contributed by atoms with Gasteiger partial charge in [0.05, 0.1) is 12.8 Å². The molecule has 1 aromatic heterocycles. The van der Waals surface area contributed by atoms with E-state index in [2.05, 4.69) is 21.3 Å². The van der Waals surface area contributed by atoms with Crippen LogP contribution in [0.3, 0.4) is 0 Å². The topological polar surface area (TPSA) is 97.6 Å². The molecule has 2 amide bonds. The van der Waals surface area contributed by atoms with E-state index in [0.29, 0.717) is 0 Å². The normalized spacial score (nSPS) is 9.21. The summed E-state index contributed by atoms with van der Waals surface area (Å²) in [6.45, 7) is -0.745. The number of hydrogen-bond acceptors (Lipinski definition) is 5. The molecule has 0 radical (unpaired) electrons. The van der Waals surface area contributed by atoms with Gasteiger partial charge in [-0.25, -0.2) is 0 Å². The van der Waals surface area contributed by atoms with Crippen molar-refractivity contribution in [1.82, 2.24) is 10.6 Å². The van der Waals surface area contributed by atoms with Crippen molar-refractivity contribution >= 4 is 17.8 Å². The third-order valence-electron chi connectivity index (χ3n) is 1.89. The van der Waals surface area contributed by atoms with Crippen LogP contribution in [-0.4, -0.2) is 37.5 Å². The van der Waals surface area contributed by atoms with E-state index >= 15 is 0 Å². The van der Waals surface area contributed by atoms with Crippen LogP contribution in [0.15, 0.2) is 22.8 Å². The van der Waals surface area contributed by atoms with E-state index < -0.39 is 24.4 Å². The van der Waals surface area contributed by atoms with E-state index in [1.165, 1.54) is 12.3 Å². The summed E-state index contributed by atoms with van der Waals surface area (Å²) < 4.78 is 9.43. The molecule has 2 N–H and O–H groups in total. The van der Waals surface area contributed by atoms with Crippen LogP contribution in [0, 0.1) is 12.3 Å². The highest BCUT2D eigenvalue weighted by Gasteiger charge is 2.11. The Balaban J connectivity index is 2.20. The van der Waals surface area contributed by atoms with Crippen LogP contribution in [0.4, 0.5) is 0 Å². The van der Waals surface area contributed by atoms with Gasteiger partial charge in [-0.1, -0.05) is 5.92 Å². The van der Waals surface area contributed by atoms with Crippen LogP contribution in [0.1, 0.15) is 10.6 Å². The fourth-order valence-electron chi connectivity index (χ4n) is 1.05. The fraction of sp³-hybridized carbons (Fsp3) is 0.250. The third kappa shape index (κ3) is 5.41. The van der Waals surface area contributed by atoms with Crippen molar-refractivity contribution < 1.29 is 23.5 Å². The highest BCUT2D eigenvalue weighted by molar-refractivity contribution is 5.93. The Morgan fingerprint density at radius 3 is 2.79 bits per heavy atom. The Hall–Kier alpha value is -2.75. The van der Waals surface area contributed by atoms with Crippen molar-refractivity contribution in [2.45, 2.75) is 0 Å². The van der Waals surface area contributed by atoms with Gasteiger partial charge in [0.15, 0.2) is 12.4 Å². The quantitative estimate of drug-likeness (QED) is 0.523. The summed E-state index contributed by atoms with van der Waals surface area (Å²) in [5, 5.41) is 4.60. The Kier molecular flexibility index (Phi) is 5.69. The first-order valence-electron chi connectivity index (χ1n) is 5.31. The maximum Gasteiger partial charge on any atom is 0.325 e. The number of ether oxygens (including phenoxy) is 1. The summed E-state index contributed by atoms with van der Waals surface area (Å²) in [5.41, 5.74) is 0. The van der Waals surface area contributed by atoms with E-state index in [-0.39, 0.29) is 18.8 Å². The van der Waals surface area contributed by atoms with Crippen LogP contribution in [0.25, 0.3) is 0 Å². The molecular formula is C12H12N2O5. The molecule has 0 saturated heterocycles. The van der Waals surface area contributed by atoms with Crippen LogP contribution >= 0.6 is 0 Å². The zero-order valence-electron chi connectivity index (χ0n) is 9.97. The van der Waals surface area contributed by atoms with Crippen molar-refractivity contribution in [2.24, 2.45) is 0 Å². The number of carbonyl (C=O) groups excluding carboxylic acids is 3. The van der Waals surface area contributed by atoms with Gasteiger partial charge in [-0.2, -0.15) is 0 Å². The van der Waals surface area contributed by atoms with Crippen molar-refractivity contribution in [3.05, 3.63) is 24.2 Å². The molecule has 1 aromatic rings. The molecule has 1 rings (SSSR count). The highest BCUT2D eigenvalue weighted by atomic mass is 16.5. The molecule has 0 aliphatic carbocycles. The van der Waals surface area contributed by atoms with Gasteiger partial charge < -0.3 is 19.8 Å². The summed E-state index contributed by atoms with van der Waals surface area (Å²) in [4.78, 5) is 33.6. The molecular weight excluding hydrogens is 252 g/mol. The Labute approximate surface area is 109 Å². The van der Waals surface area contributed by atoms with Gasteiger partial charge in [-0.3, -0.25) is 14.4 Å². The minimum absolute atomic E-state index is 0.0611. The first kappa shape index (κ1) is 14.3. The predicted molar refractivity (Wildman–Crippen MR) is 63.8 cm³/mol. The summed E-state index contributed by atoms with van der Waals surface area (Å²) in [5.74, 6) is 0.492. The van der Waals surface area contributed by atoms with Gasteiger partial charge >= 0.3 is 5.97 Å². The van der Waals surface area contributed by atoms with Gasteiger partial charge in [0.1, 0.15) is 6.54 Å². The number of rotatable bonds is 6. The number of amides is 2. The van der Waals surface area contributed by atoms with Crippen molar-refractivity contribution in [3.63, 3.8) is 0 Å². The fourth-order valence-corrected chi connectivity index (χ4v) is 1.05. The number of carbonyl (C=O) groups is 3. The molecule has 0 aliphatic rings. The molecule has 1 heterocycles. The maximum absolute atomic E-state index is 11.4. The molecule has 0 fully saturated rings. The molecule has 100 valence electrons. The van der Waals surface area contributed by atoms with E-state index in [4.69, 9.17) is 10.8 Å².